The number of thioether (sulfide) groups is 3. The molecule has 0 unspecified atom stereocenters. The summed E-state index contributed by atoms with van der Waals surface area (Å²) in [5.74, 6) is 2.39. The first kappa shape index (κ1) is 104. The third-order valence-electron chi connectivity index (χ3n) is 22.8. The van der Waals surface area contributed by atoms with Crippen molar-refractivity contribution in [2.24, 2.45) is 16.2 Å². The first-order chi connectivity index (χ1) is 65.2. The van der Waals surface area contributed by atoms with Crippen LogP contribution in [0.4, 0.5) is 87.7 Å². The first-order valence-corrected chi connectivity index (χ1v) is 51.5. The molecule has 13 aromatic rings. The fraction of sp³-hybridized carbons (Fsp3) is 0.333. The van der Waals surface area contributed by atoms with Gasteiger partial charge in [-0.25, -0.2) is 0 Å². The lowest BCUT2D eigenvalue weighted by atomic mass is 9.86. The second kappa shape index (κ2) is 45.1. The fourth-order valence-electron chi connectivity index (χ4n) is 14.9. The summed E-state index contributed by atoms with van der Waals surface area (Å²) in [5.41, 5.74) is 32.9. The number of anilines is 15. The minimum Gasteiger partial charge on any atom is -0.368 e. The monoisotopic (exact) mass is 2100 g/mol. The zero-order chi connectivity index (χ0) is 99.2. The molecule has 24 nitrogen and oxygen atoms in total. The standard InChI is InChI=1S/C108H126Br3N21O3S3/c1-103(2,3)46-49-115-97-121-94(112)124-100(127-97)118-88-43-40-76(109)55-85(88)91(133)130(61-67-28-34-73(35-29-67)106(10,11)12)79-25-19-22-70(52-79)64-136-82-58-83(137-65-71-23-20-26-80(53-71)131(62-68-30-36-74(37-31-68)107(13,14)15)92(134)86-56-77(110)41-44-89(86)119-101-125-95(113)122-98(128-101)116-50-47-104(4,5)6)60-84(59-82)138-66-72-24-21-27-81(54-72)132(63-69-32-38-75(39-33-69)108(16,17)18)93(135)87-57-78(111)42-45-90(87)120-102-126-96(114)123-99(129-102)117-51-48-105(7,8)9/h19-45,52-60H,46-51,61-66H2,1-18H3,(H4,112,115,118,121,124,127)(H4,113,116,119,122,125,128)(H4,114,117,120,123,126,129). The molecule has 0 aliphatic carbocycles. The maximum Gasteiger partial charge on any atom is 0.260 e. The maximum atomic E-state index is 15.9. The summed E-state index contributed by atoms with van der Waals surface area (Å²) in [4.78, 5) is 96.9. The van der Waals surface area contributed by atoms with Gasteiger partial charge in [-0.15, -0.1) is 35.3 Å². The Morgan fingerprint density at radius 3 is 0.783 bits per heavy atom. The van der Waals surface area contributed by atoms with Crippen LogP contribution in [0.1, 0.15) is 225 Å². The smallest absolute Gasteiger partial charge is 0.260 e. The van der Waals surface area contributed by atoms with Crippen LogP contribution < -0.4 is 63.8 Å². The average Bonchev–Trinajstić information content (AvgIpc) is 0.799. The van der Waals surface area contributed by atoms with E-state index in [1.54, 1.807) is 35.3 Å². The molecule has 0 aliphatic heterocycles. The maximum absolute atomic E-state index is 15.9. The summed E-state index contributed by atoms with van der Waals surface area (Å²) in [6.07, 6.45) is 2.59. The lowest BCUT2D eigenvalue weighted by Gasteiger charge is -2.26. The van der Waals surface area contributed by atoms with Gasteiger partial charge in [-0.2, -0.15) is 44.9 Å². The molecule has 0 saturated heterocycles. The molecule has 3 heterocycles. The minimum atomic E-state index is -0.265. The van der Waals surface area contributed by atoms with E-state index in [2.05, 4.69) is 362 Å². The Hall–Kier alpha value is -11.7. The number of nitrogen functional groups attached to an aromatic ring is 3. The molecule has 10 aromatic carbocycles. The number of nitrogens with zero attached hydrogens (tertiary/aromatic N) is 12. The van der Waals surface area contributed by atoms with Gasteiger partial charge in [0.25, 0.3) is 17.7 Å². The summed E-state index contributed by atoms with van der Waals surface area (Å²) < 4.78 is 2.11. The van der Waals surface area contributed by atoms with Gasteiger partial charge in [0.05, 0.1) is 53.4 Å². The lowest BCUT2D eigenvalue weighted by Crippen LogP contribution is -2.31. The van der Waals surface area contributed by atoms with E-state index in [-0.39, 0.29) is 106 Å². The summed E-state index contributed by atoms with van der Waals surface area (Å²) in [7, 11) is 0. The van der Waals surface area contributed by atoms with Crippen LogP contribution in [-0.4, -0.2) is 82.2 Å². The highest BCUT2D eigenvalue weighted by Gasteiger charge is 2.30. The first-order valence-electron chi connectivity index (χ1n) is 46.2. The number of carbonyl (C=O) groups is 3. The highest BCUT2D eigenvalue weighted by Crippen LogP contribution is 2.41. The molecule has 3 amide bonds. The number of carbonyl (C=O) groups excluding carboxylic acids is 3. The highest BCUT2D eigenvalue weighted by molar-refractivity contribution is 9.11. The topological polar surface area (TPSA) is 327 Å². The number of nitrogens with one attached hydrogen (secondary N) is 6. The van der Waals surface area contributed by atoms with Gasteiger partial charge in [-0.3, -0.25) is 14.4 Å². The SMILES string of the molecule is CC(C)(C)CCNc1nc(N)nc(Nc2ccc(Br)cc2C(=O)N(Cc2ccc(C(C)(C)C)cc2)c2cccc(CSc3cc(SCc4cccc(N(Cc5ccc(C(C)(C)C)cc5)C(=O)c5cc(Br)ccc5Nc5nc(N)nc(NCCC(C)(C)C)n5)c4)cc(SCc4cccc(N(Cc5ccc(C(C)(C)C)cc5)C(=O)c5cc(Br)ccc5Nc5nc(N)nc(NCCC(C)(C)C)n5)c4)c3)c2)n1. The van der Waals surface area contributed by atoms with E-state index in [4.69, 9.17) is 32.2 Å². The third-order valence-corrected chi connectivity index (χ3v) is 27.4. The van der Waals surface area contributed by atoms with Gasteiger partial charge in [-0.05, 0) is 211 Å². The summed E-state index contributed by atoms with van der Waals surface area (Å²) in [5, 5.41) is 20.0. The number of aromatic nitrogens is 9. The molecule has 30 heteroatoms. The van der Waals surface area contributed by atoms with Gasteiger partial charge in [0.1, 0.15) is 0 Å². The molecule has 0 aliphatic rings. The molecule has 0 atom stereocenters. The molecule has 138 heavy (non-hydrogen) atoms. The van der Waals surface area contributed by atoms with E-state index >= 15 is 14.4 Å². The molecule has 0 fully saturated rings. The minimum absolute atomic E-state index is 0.0259. The Bertz CT molecular complexity index is 5840. The predicted molar refractivity (Wildman–Crippen MR) is 584 cm³/mol. The van der Waals surface area contributed by atoms with E-state index in [0.29, 0.717) is 119 Å². The van der Waals surface area contributed by atoms with Gasteiger partial charge in [0, 0.05) is 82.1 Å². The van der Waals surface area contributed by atoms with Crippen LogP contribution in [0.2, 0.25) is 0 Å². The number of hydrogen-bond donors (Lipinski definition) is 9. The molecule has 3 aromatic heterocycles. The molecule has 0 spiro atoms. The van der Waals surface area contributed by atoms with Gasteiger partial charge >= 0.3 is 0 Å². The fourth-order valence-corrected chi connectivity index (χ4v) is 19.0. The van der Waals surface area contributed by atoms with Gasteiger partial charge in [0.2, 0.25) is 53.5 Å². The van der Waals surface area contributed by atoms with Crippen LogP contribution in [0, 0.1) is 16.2 Å². The second-order valence-corrected chi connectivity index (χ2v) is 47.1. The van der Waals surface area contributed by atoms with Crippen LogP contribution in [0.25, 0.3) is 0 Å². The van der Waals surface area contributed by atoms with Gasteiger partial charge < -0.3 is 63.8 Å². The average molecular weight is 2100 g/mol. The zero-order valence-corrected chi connectivity index (χ0v) is 89.2. The predicted octanol–water partition coefficient (Wildman–Crippen LogP) is 27.4. The van der Waals surface area contributed by atoms with Crippen LogP contribution >= 0.6 is 83.1 Å². The Morgan fingerprint density at radius 2 is 0.543 bits per heavy atom. The van der Waals surface area contributed by atoms with E-state index in [9.17, 15) is 0 Å². The van der Waals surface area contributed by atoms with Crippen molar-refractivity contribution in [1.82, 2.24) is 44.9 Å². The Kier molecular flexibility index (Phi) is 33.9. The molecule has 13 rings (SSSR count). The van der Waals surface area contributed by atoms with Crippen molar-refractivity contribution in [3.8, 4) is 0 Å². The third kappa shape index (κ3) is 30.4. The van der Waals surface area contributed by atoms with E-state index < -0.39 is 0 Å². The number of rotatable bonds is 36. The molecular weight excluding hydrogens is 1980 g/mol. The largest absolute Gasteiger partial charge is 0.368 e. The van der Waals surface area contributed by atoms with E-state index in [1.165, 1.54) is 16.7 Å². The molecule has 0 bridgehead atoms. The number of amides is 3. The second-order valence-electron chi connectivity index (χ2n) is 41.2. The molecule has 12 N–H and O–H groups in total. The highest BCUT2D eigenvalue weighted by atomic mass is 79.9. The normalized spacial score (nSPS) is 12.0. The number of nitrogens with two attached hydrogens (primary N) is 3. The van der Waals surface area contributed by atoms with Crippen molar-refractivity contribution >= 4 is 188 Å². The van der Waals surface area contributed by atoms with Crippen LogP contribution in [0.15, 0.2) is 246 Å². The summed E-state index contributed by atoms with van der Waals surface area (Å²) in [6.45, 7) is 41.9. The van der Waals surface area contributed by atoms with E-state index in [1.807, 2.05) is 106 Å². The van der Waals surface area contributed by atoms with Crippen molar-refractivity contribution in [3.05, 3.63) is 299 Å². The summed E-state index contributed by atoms with van der Waals surface area (Å²) >= 11 is 16.2. The number of benzene rings is 10. The van der Waals surface area contributed by atoms with Crippen LogP contribution in [0.3, 0.4) is 0 Å². The van der Waals surface area contributed by atoms with Crippen molar-refractivity contribution in [2.75, 3.05) is 83.4 Å². The molecule has 0 radical (unpaired) electrons. The van der Waals surface area contributed by atoms with Gasteiger partial charge in [0.15, 0.2) is 0 Å². The quantitative estimate of drug-likeness (QED) is 0.0165. The van der Waals surface area contributed by atoms with Crippen molar-refractivity contribution in [3.63, 3.8) is 0 Å². The Labute approximate surface area is 850 Å². The molecular formula is C108H126Br3N21O3S3. The molecule has 720 valence electrons. The Balaban J connectivity index is 0.846. The lowest BCUT2D eigenvalue weighted by molar-refractivity contribution is 0.0978. The van der Waals surface area contributed by atoms with Crippen molar-refractivity contribution in [1.29, 1.82) is 0 Å². The summed E-state index contributed by atoms with van der Waals surface area (Å²) in [6, 6.07) is 73.3. The van der Waals surface area contributed by atoms with Crippen LogP contribution in [-0.2, 0) is 53.1 Å². The number of hydrogen-bond acceptors (Lipinski definition) is 24. The molecule has 0 saturated carbocycles. The van der Waals surface area contributed by atoms with E-state index in [0.717, 1.165) is 67.3 Å². The van der Waals surface area contributed by atoms with Crippen LogP contribution in [0.5, 0.6) is 0 Å². The van der Waals surface area contributed by atoms with Crippen molar-refractivity contribution in [2.45, 2.75) is 212 Å². The van der Waals surface area contributed by atoms with Gasteiger partial charge in [-0.1, -0.05) is 282 Å². The van der Waals surface area contributed by atoms with Crippen molar-refractivity contribution < 1.29 is 14.4 Å². The zero-order valence-electron chi connectivity index (χ0n) is 82.0. The Morgan fingerprint density at radius 1 is 0.297 bits per heavy atom. The number of halogens is 3.